The van der Waals surface area contributed by atoms with E-state index >= 15 is 0 Å². The van der Waals surface area contributed by atoms with Crippen molar-refractivity contribution in [2.24, 2.45) is 0 Å². The molecule has 30 heavy (non-hydrogen) atoms. The third-order valence-corrected chi connectivity index (χ3v) is 7.41. The summed E-state index contributed by atoms with van der Waals surface area (Å²) in [5.74, 6) is 0.604. The van der Waals surface area contributed by atoms with Gasteiger partial charge in [0.2, 0.25) is 0 Å². The highest BCUT2D eigenvalue weighted by atomic mass is 32.2. The van der Waals surface area contributed by atoms with E-state index < -0.39 is 9.84 Å². The predicted molar refractivity (Wildman–Crippen MR) is 117 cm³/mol. The summed E-state index contributed by atoms with van der Waals surface area (Å²) in [6, 6.07) is 11.9. The number of anilines is 1. The Bertz CT molecular complexity index is 1010. The van der Waals surface area contributed by atoms with Crippen molar-refractivity contribution in [2.75, 3.05) is 19.0 Å². The molecule has 160 valence electrons. The van der Waals surface area contributed by atoms with Gasteiger partial charge < -0.3 is 14.8 Å². The Hall–Kier alpha value is -2.80. The topological polar surface area (TPSA) is 81.7 Å². The number of sulfone groups is 1. The molecule has 0 atom stereocenters. The predicted octanol–water partition coefficient (Wildman–Crippen LogP) is 4.16. The number of methoxy groups -OCH3 is 1. The Kier molecular flexibility index (Phi) is 7.15. The van der Waals surface area contributed by atoms with E-state index in [1.54, 1.807) is 30.3 Å². The summed E-state index contributed by atoms with van der Waals surface area (Å²) in [5, 5.41) is 2.37. The maximum Gasteiger partial charge on any atom is 0.262 e. The number of nitrogens with one attached hydrogen (secondary N) is 1. The molecule has 0 aliphatic heterocycles. The quantitative estimate of drug-likeness (QED) is 0.606. The maximum atomic E-state index is 12.8. The number of allylic oxidation sites excluding steroid dienone is 1. The molecule has 1 saturated carbocycles. The van der Waals surface area contributed by atoms with Crippen LogP contribution in [0, 0.1) is 0 Å². The molecule has 3 rings (SSSR count). The molecule has 1 aliphatic carbocycles. The molecule has 0 aromatic heterocycles. The molecule has 2 aromatic rings. The summed E-state index contributed by atoms with van der Waals surface area (Å²) < 4.78 is 36.5. The van der Waals surface area contributed by atoms with Crippen LogP contribution in [-0.2, 0) is 21.1 Å². The average molecular weight is 430 g/mol. The minimum absolute atomic E-state index is 0.225. The van der Waals surface area contributed by atoms with Crippen molar-refractivity contribution in [1.29, 1.82) is 0 Å². The molecule has 0 bridgehead atoms. The van der Waals surface area contributed by atoms with E-state index in [0.29, 0.717) is 36.4 Å². The lowest BCUT2D eigenvalue weighted by Crippen LogP contribution is -2.21. The number of amides is 1. The first kappa shape index (κ1) is 21.9. The van der Waals surface area contributed by atoms with Crippen molar-refractivity contribution in [3.8, 4) is 11.5 Å². The molecule has 7 heteroatoms. The zero-order chi connectivity index (χ0) is 21.6. The van der Waals surface area contributed by atoms with Gasteiger partial charge in [-0.2, -0.15) is 0 Å². The second-order valence-electron chi connectivity index (χ2n) is 7.29. The number of benzene rings is 2. The molecule has 2 aromatic carbocycles. The second kappa shape index (κ2) is 9.80. The Morgan fingerprint density at radius 2 is 1.93 bits per heavy atom. The fourth-order valence-corrected chi connectivity index (χ4v) is 5.51. The van der Waals surface area contributed by atoms with Crippen LogP contribution >= 0.6 is 0 Å². The second-order valence-corrected chi connectivity index (χ2v) is 9.52. The monoisotopic (exact) mass is 429 g/mol. The van der Waals surface area contributed by atoms with E-state index in [0.717, 1.165) is 18.4 Å². The van der Waals surface area contributed by atoms with Crippen LogP contribution < -0.4 is 14.8 Å². The van der Waals surface area contributed by atoms with Gasteiger partial charge in [-0.25, -0.2) is 8.42 Å². The summed E-state index contributed by atoms with van der Waals surface area (Å²) in [6.45, 7) is 3.49. The molecule has 1 fully saturated rings. The fraction of sp³-hybridized carbons (Fsp3) is 0.348. The van der Waals surface area contributed by atoms with Crippen LogP contribution in [-0.4, -0.2) is 33.3 Å². The summed E-state index contributed by atoms with van der Waals surface area (Å²) in [7, 11) is -1.84. The van der Waals surface area contributed by atoms with E-state index in [-0.39, 0.29) is 22.7 Å². The number of rotatable bonds is 9. The molecule has 0 saturated heterocycles. The van der Waals surface area contributed by atoms with E-state index in [9.17, 15) is 13.2 Å². The van der Waals surface area contributed by atoms with Crippen LogP contribution in [0.15, 0.2) is 60.0 Å². The highest BCUT2D eigenvalue weighted by Gasteiger charge is 2.30. The summed E-state index contributed by atoms with van der Waals surface area (Å²) in [6.07, 6.45) is 5.77. The van der Waals surface area contributed by atoms with Gasteiger partial charge in [-0.15, -0.1) is 6.58 Å². The van der Waals surface area contributed by atoms with E-state index in [2.05, 4.69) is 11.9 Å². The van der Waals surface area contributed by atoms with Gasteiger partial charge in [-0.1, -0.05) is 31.1 Å². The maximum absolute atomic E-state index is 12.8. The molecule has 1 amide bonds. The number of ether oxygens (including phenoxy) is 2. The first-order valence-corrected chi connectivity index (χ1v) is 11.5. The summed E-state index contributed by atoms with van der Waals surface area (Å²) in [5.41, 5.74) is 1.45. The van der Waals surface area contributed by atoms with Gasteiger partial charge in [0, 0.05) is 5.69 Å². The summed E-state index contributed by atoms with van der Waals surface area (Å²) in [4.78, 5) is 12.6. The molecular formula is C23H27NO5S. The van der Waals surface area contributed by atoms with E-state index in [4.69, 9.17) is 9.47 Å². The molecule has 1 N–H and O–H groups in total. The average Bonchev–Trinajstić information content (AvgIpc) is 3.29. The van der Waals surface area contributed by atoms with Crippen LogP contribution in [0.3, 0.4) is 0 Å². The highest BCUT2D eigenvalue weighted by Crippen LogP contribution is 2.31. The first-order valence-electron chi connectivity index (χ1n) is 9.98. The molecule has 1 aliphatic rings. The fourth-order valence-electron chi connectivity index (χ4n) is 3.61. The minimum Gasteiger partial charge on any atom is -0.493 e. The van der Waals surface area contributed by atoms with Gasteiger partial charge in [0.05, 0.1) is 17.3 Å². The van der Waals surface area contributed by atoms with Gasteiger partial charge in [0.25, 0.3) is 5.91 Å². The highest BCUT2D eigenvalue weighted by molar-refractivity contribution is 7.92. The molecule has 0 heterocycles. The third kappa shape index (κ3) is 5.21. The lowest BCUT2D eigenvalue weighted by Gasteiger charge is -2.14. The van der Waals surface area contributed by atoms with E-state index in [1.165, 1.54) is 13.2 Å². The van der Waals surface area contributed by atoms with Crippen molar-refractivity contribution in [2.45, 2.75) is 42.2 Å². The summed E-state index contributed by atoms with van der Waals surface area (Å²) >= 11 is 0. The van der Waals surface area contributed by atoms with E-state index in [1.807, 2.05) is 12.1 Å². The third-order valence-electron chi connectivity index (χ3n) is 5.15. The Labute approximate surface area is 177 Å². The van der Waals surface area contributed by atoms with Crippen LogP contribution in [0.5, 0.6) is 11.5 Å². The zero-order valence-corrected chi connectivity index (χ0v) is 17.9. The molecule has 0 unspecified atom stereocenters. The molecule has 0 spiro atoms. The van der Waals surface area contributed by atoms with Crippen molar-refractivity contribution in [3.05, 3.63) is 60.7 Å². The van der Waals surface area contributed by atoms with Crippen molar-refractivity contribution < 1.29 is 22.7 Å². The Balaban J connectivity index is 1.64. The van der Waals surface area contributed by atoms with Crippen LogP contribution in [0.1, 0.15) is 31.2 Å². The SMILES string of the molecule is C=CCc1ccc(OCC(=O)Nc2cccc(S(=O)(=O)C3CCCC3)c2)c(OC)c1. The normalized spacial score (nSPS) is 14.3. The van der Waals surface area contributed by atoms with Gasteiger partial charge >= 0.3 is 0 Å². The number of hydrogen-bond acceptors (Lipinski definition) is 5. The number of carbonyl (C=O) groups excluding carboxylic acids is 1. The van der Waals surface area contributed by atoms with Gasteiger partial charge in [-0.05, 0) is 55.2 Å². The van der Waals surface area contributed by atoms with Gasteiger partial charge in [0.15, 0.2) is 27.9 Å². The lowest BCUT2D eigenvalue weighted by atomic mass is 10.1. The number of carbonyl (C=O) groups is 1. The first-order chi connectivity index (χ1) is 14.4. The zero-order valence-electron chi connectivity index (χ0n) is 17.1. The molecule has 6 nitrogen and oxygen atoms in total. The van der Waals surface area contributed by atoms with Crippen LogP contribution in [0.25, 0.3) is 0 Å². The largest absolute Gasteiger partial charge is 0.493 e. The van der Waals surface area contributed by atoms with Gasteiger partial charge in [-0.3, -0.25) is 4.79 Å². The lowest BCUT2D eigenvalue weighted by molar-refractivity contribution is -0.118. The standard InChI is InChI=1S/C23H27NO5S/c1-3-7-17-12-13-21(22(14-17)28-2)29-16-23(25)24-18-8-6-11-20(15-18)30(26,27)19-9-4-5-10-19/h3,6,8,11-15,19H,1,4-5,7,9-10,16H2,2H3,(H,24,25). The Morgan fingerprint density at radius 3 is 2.63 bits per heavy atom. The van der Waals surface area contributed by atoms with Crippen molar-refractivity contribution in [1.82, 2.24) is 0 Å². The van der Waals surface area contributed by atoms with Crippen LogP contribution in [0.4, 0.5) is 5.69 Å². The van der Waals surface area contributed by atoms with Crippen molar-refractivity contribution >= 4 is 21.4 Å². The minimum atomic E-state index is -3.38. The van der Waals surface area contributed by atoms with Gasteiger partial charge in [0.1, 0.15) is 0 Å². The molecule has 0 radical (unpaired) electrons. The number of hydrogen-bond donors (Lipinski definition) is 1. The molecular weight excluding hydrogens is 402 g/mol. The van der Waals surface area contributed by atoms with Crippen LogP contribution in [0.2, 0.25) is 0 Å². The Morgan fingerprint density at radius 1 is 1.17 bits per heavy atom. The van der Waals surface area contributed by atoms with Crippen molar-refractivity contribution in [3.63, 3.8) is 0 Å². The smallest absolute Gasteiger partial charge is 0.262 e.